The SMILES string of the molecule is Cc1ccccc1[C@@H](C)NC(=O)NCc1nc2ccccc2s1. The number of hydrogen-bond acceptors (Lipinski definition) is 3. The summed E-state index contributed by atoms with van der Waals surface area (Å²) in [5, 5.41) is 6.75. The third-order valence-electron chi connectivity index (χ3n) is 3.74. The van der Waals surface area contributed by atoms with E-state index in [4.69, 9.17) is 0 Å². The molecule has 0 aliphatic heterocycles. The fourth-order valence-corrected chi connectivity index (χ4v) is 3.46. The van der Waals surface area contributed by atoms with Gasteiger partial charge in [0.15, 0.2) is 0 Å². The van der Waals surface area contributed by atoms with Gasteiger partial charge in [0.1, 0.15) is 5.01 Å². The number of urea groups is 1. The summed E-state index contributed by atoms with van der Waals surface area (Å²) in [5.41, 5.74) is 3.28. The van der Waals surface area contributed by atoms with Gasteiger partial charge in [0, 0.05) is 0 Å². The van der Waals surface area contributed by atoms with Crippen LogP contribution in [0.1, 0.15) is 29.1 Å². The standard InChI is InChI=1S/C18H19N3OS/c1-12-7-3-4-8-14(12)13(2)20-18(22)19-11-17-21-15-9-5-6-10-16(15)23-17/h3-10,13H,11H2,1-2H3,(H2,19,20,22)/t13-/m1/s1. The third kappa shape index (κ3) is 3.68. The maximum Gasteiger partial charge on any atom is 0.315 e. The van der Waals surface area contributed by atoms with E-state index in [-0.39, 0.29) is 12.1 Å². The first-order valence-corrected chi connectivity index (χ1v) is 8.39. The molecule has 2 aromatic carbocycles. The van der Waals surface area contributed by atoms with E-state index >= 15 is 0 Å². The third-order valence-corrected chi connectivity index (χ3v) is 4.78. The molecule has 1 atom stereocenters. The van der Waals surface area contributed by atoms with Crippen molar-refractivity contribution in [3.05, 3.63) is 64.7 Å². The Kier molecular flexibility index (Phi) is 4.57. The molecule has 2 N–H and O–H groups in total. The van der Waals surface area contributed by atoms with Gasteiger partial charge in [-0.05, 0) is 37.1 Å². The number of nitrogens with one attached hydrogen (secondary N) is 2. The van der Waals surface area contributed by atoms with Crippen LogP contribution in [0.15, 0.2) is 48.5 Å². The number of thiazole rings is 1. The Labute approximate surface area is 139 Å². The molecular weight excluding hydrogens is 306 g/mol. The monoisotopic (exact) mass is 325 g/mol. The number of hydrogen-bond donors (Lipinski definition) is 2. The van der Waals surface area contributed by atoms with Crippen molar-refractivity contribution in [2.24, 2.45) is 0 Å². The summed E-state index contributed by atoms with van der Waals surface area (Å²) >= 11 is 1.60. The van der Waals surface area contributed by atoms with Crippen LogP contribution in [0.5, 0.6) is 0 Å². The van der Waals surface area contributed by atoms with E-state index in [1.807, 2.05) is 62.4 Å². The largest absolute Gasteiger partial charge is 0.332 e. The zero-order valence-electron chi connectivity index (χ0n) is 13.2. The Morgan fingerprint density at radius 2 is 1.91 bits per heavy atom. The highest BCUT2D eigenvalue weighted by Gasteiger charge is 2.11. The molecule has 0 fully saturated rings. The smallest absolute Gasteiger partial charge is 0.315 e. The van der Waals surface area contributed by atoms with Crippen molar-refractivity contribution in [3.8, 4) is 0 Å². The van der Waals surface area contributed by atoms with E-state index in [1.165, 1.54) is 5.56 Å². The number of carbonyl (C=O) groups excluding carboxylic acids is 1. The van der Waals surface area contributed by atoms with Crippen LogP contribution in [0.25, 0.3) is 10.2 Å². The van der Waals surface area contributed by atoms with Crippen LogP contribution in [0.3, 0.4) is 0 Å². The summed E-state index contributed by atoms with van der Waals surface area (Å²) < 4.78 is 1.14. The van der Waals surface area contributed by atoms with Gasteiger partial charge >= 0.3 is 6.03 Å². The topological polar surface area (TPSA) is 54.0 Å². The molecule has 0 saturated heterocycles. The molecule has 118 valence electrons. The minimum Gasteiger partial charge on any atom is -0.332 e. The highest BCUT2D eigenvalue weighted by atomic mass is 32.1. The molecule has 0 aliphatic carbocycles. The highest BCUT2D eigenvalue weighted by Crippen LogP contribution is 2.21. The number of rotatable bonds is 4. The molecule has 0 radical (unpaired) electrons. The number of aromatic nitrogens is 1. The molecule has 3 rings (SSSR count). The average Bonchev–Trinajstić information content (AvgIpc) is 2.96. The lowest BCUT2D eigenvalue weighted by Crippen LogP contribution is -2.36. The number of carbonyl (C=O) groups is 1. The van der Waals surface area contributed by atoms with Crippen LogP contribution in [0.4, 0.5) is 4.79 Å². The minimum atomic E-state index is -0.181. The second kappa shape index (κ2) is 6.79. The average molecular weight is 325 g/mol. The van der Waals surface area contributed by atoms with Gasteiger partial charge in [0.25, 0.3) is 0 Å². The Morgan fingerprint density at radius 3 is 2.70 bits per heavy atom. The normalized spacial score (nSPS) is 12.1. The molecule has 0 bridgehead atoms. The fraction of sp³-hybridized carbons (Fsp3) is 0.222. The van der Waals surface area contributed by atoms with Crippen molar-refractivity contribution >= 4 is 27.6 Å². The van der Waals surface area contributed by atoms with Crippen molar-refractivity contribution in [1.29, 1.82) is 0 Å². The van der Waals surface area contributed by atoms with Gasteiger partial charge in [-0.25, -0.2) is 9.78 Å². The molecule has 3 aromatic rings. The van der Waals surface area contributed by atoms with Crippen molar-refractivity contribution in [2.75, 3.05) is 0 Å². The van der Waals surface area contributed by atoms with E-state index in [0.717, 1.165) is 20.8 Å². The first-order valence-electron chi connectivity index (χ1n) is 7.58. The number of amides is 2. The number of nitrogens with zero attached hydrogens (tertiary/aromatic N) is 1. The van der Waals surface area contributed by atoms with Gasteiger partial charge in [-0.3, -0.25) is 0 Å². The van der Waals surface area contributed by atoms with E-state index in [9.17, 15) is 4.79 Å². The Morgan fingerprint density at radius 1 is 1.17 bits per heavy atom. The van der Waals surface area contributed by atoms with Crippen molar-refractivity contribution in [3.63, 3.8) is 0 Å². The summed E-state index contributed by atoms with van der Waals surface area (Å²) in [4.78, 5) is 16.6. The Balaban J connectivity index is 1.58. The van der Waals surface area contributed by atoms with E-state index in [0.29, 0.717) is 6.54 Å². The zero-order valence-corrected chi connectivity index (χ0v) is 14.0. The lowest BCUT2D eigenvalue weighted by atomic mass is 10.0. The first-order chi connectivity index (χ1) is 11.1. The summed E-state index contributed by atoms with van der Waals surface area (Å²) in [6.07, 6.45) is 0. The first kappa shape index (κ1) is 15.5. The minimum absolute atomic E-state index is 0.0356. The predicted octanol–water partition coefficient (Wildman–Crippen LogP) is 4.17. The van der Waals surface area contributed by atoms with Crippen LogP contribution in [0.2, 0.25) is 0 Å². The lowest BCUT2D eigenvalue weighted by molar-refractivity contribution is 0.237. The quantitative estimate of drug-likeness (QED) is 0.756. The van der Waals surface area contributed by atoms with Crippen LogP contribution < -0.4 is 10.6 Å². The molecule has 23 heavy (non-hydrogen) atoms. The molecule has 0 unspecified atom stereocenters. The molecule has 2 amide bonds. The second-order valence-corrected chi connectivity index (χ2v) is 6.60. The lowest BCUT2D eigenvalue weighted by Gasteiger charge is -2.16. The Hall–Kier alpha value is -2.40. The number of para-hydroxylation sites is 1. The van der Waals surface area contributed by atoms with E-state index in [2.05, 4.69) is 15.6 Å². The molecule has 1 aromatic heterocycles. The highest BCUT2D eigenvalue weighted by molar-refractivity contribution is 7.18. The molecule has 0 saturated carbocycles. The predicted molar refractivity (Wildman–Crippen MR) is 94.6 cm³/mol. The summed E-state index contributed by atoms with van der Waals surface area (Å²) in [6, 6.07) is 15.8. The summed E-state index contributed by atoms with van der Waals surface area (Å²) in [5.74, 6) is 0. The van der Waals surface area contributed by atoms with E-state index in [1.54, 1.807) is 11.3 Å². The second-order valence-electron chi connectivity index (χ2n) is 5.48. The number of benzene rings is 2. The maximum absolute atomic E-state index is 12.1. The van der Waals surface area contributed by atoms with Crippen molar-refractivity contribution in [1.82, 2.24) is 15.6 Å². The van der Waals surface area contributed by atoms with Gasteiger partial charge in [-0.2, -0.15) is 0 Å². The van der Waals surface area contributed by atoms with Crippen LogP contribution >= 0.6 is 11.3 Å². The van der Waals surface area contributed by atoms with Crippen LogP contribution in [-0.4, -0.2) is 11.0 Å². The maximum atomic E-state index is 12.1. The molecular formula is C18H19N3OS. The van der Waals surface area contributed by atoms with E-state index < -0.39 is 0 Å². The fourth-order valence-electron chi connectivity index (χ4n) is 2.55. The zero-order chi connectivity index (χ0) is 16.2. The van der Waals surface area contributed by atoms with Crippen molar-refractivity contribution in [2.45, 2.75) is 26.4 Å². The number of aryl methyl sites for hydroxylation is 1. The van der Waals surface area contributed by atoms with Crippen molar-refractivity contribution < 1.29 is 4.79 Å². The van der Waals surface area contributed by atoms with Gasteiger partial charge in [-0.15, -0.1) is 11.3 Å². The van der Waals surface area contributed by atoms with Gasteiger partial charge in [-0.1, -0.05) is 36.4 Å². The van der Waals surface area contributed by atoms with Gasteiger partial charge < -0.3 is 10.6 Å². The van der Waals surface area contributed by atoms with Gasteiger partial charge in [0.05, 0.1) is 22.8 Å². The molecule has 0 spiro atoms. The summed E-state index contributed by atoms with van der Waals surface area (Å²) in [7, 11) is 0. The van der Waals surface area contributed by atoms with Gasteiger partial charge in [0.2, 0.25) is 0 Å². The molecule has 1 heterocycles. The summed E-state index contributed by atoms with van der Waals surface area (Å²) in [6.45, 7) is 4.47. The molecule has 0 aliphatic rings. The number of fused-ring (bicyclic) bond motifs is 1. The molecule has 5 heteroatoms. The molecule has 4 nitrogen and oxygen atoms in total. The Bertz CT molecular complexity index is 795. The van der Waals surface area contributed by atoms with Crippen LogP contribution in [-0.2, 0) is 6.54 Å². The van der Waals surface area contributed by atoms with Crippen LogP contribution in [0, 0.1) is 6.92 Å².